The van der Waals surface area contributed by atoms with E-state index in [2.05, 4.69) is 4.98 Å². The molecule has 0 amide bonds. The number of carbonyl (C=O) groups is 2. The number of esters is 1. The van der Waals surface area contributed by atoms with Gasteiger partial charge in [-0.3, -0.25) is 9.59 Å². The first-order valence-electron chi connectivity index (χ1n) is 7.15. The summed E-state index contributed by atoms with van der Waals surface area (Å²) in [5.41, 5.74) is 0.540. The highest BCUT2D eigenvalue weighted by Gasteiger charge is 2.15. The molecule has 25 heavy (non-hydrogen) atoms. The van der Waals surface area contributed by atoms with E-state index in [1.807, 2.05) is 24.3 Å². The second-order valence-electron chi connectivity index (χ2n) is 4.94. The van der Waals surface area contributed by atoms with Crippen LogP contribution in [0.4, 0.5) is 8.78 Å². The molecule has 3 aromatic rings. The summed E-state index contributed by atoms with van der Waals surface area (Å²) < 4.78 is 32.9. The van der Waals surface area contributed by atoms with Crippen molar-refractivity contribution in [2.45, 2.75) is 4.34 Å². The third-order valence-electron chi connectivity index (χ3n) is 3.18. The Kier molecular flexibility index (Phi) is 5.40. The number of carbonyl (C=O) groups excluding carboxylic acids is 2. The van der Waals surface area contributed by atoms with Crippen LogP contribution in [0.15, 0.2) is 46.8 Å². The van der Waals surface area contributed by atoms with Crippen molar-refractivity contribution >= 4 is 45.1 Å². The monoisotopic (exact) mass is 379 g/mol. The molecule has 128 valence electrons. The van der Waals surface area contributed by atoms with Gasteiger partial charge < -0.3 is 4.74 Å². The van der Waals surface area contributed by atoms with Crippen LogP contribution < -0.4 is 0 Å². The Morgan fingerprint density at radius 1 is 1.16 bits per heavy atom. The minimum atomic E-state index is -0.982. The van der Waals surface area contributed by atoms with Crippen molar-refractivity contribution in [2.24, 2.45) is 0 Å². The van der Waals surface area contributed by atoms with Crippen LogP contribution in [0.25, 0.3) is 10.2 Å². The van der Waals surface area contributed by atoms with Crippen molar-refractivity contribution < 1.29 is 23.1 Å². The molecule has 8 heteroatoms. The quantitative estimate of drug-likeness (QED) is 0.367. The molecule has 0 aliphatic rings. The molecule has 0 spiro atoms. The summed E-state index contributed by atoms with van der Waals surface area (Å²) in [5.74, 6) is -3.11. The largest absolute Gasteiger partial charge is 0.457 e. The fourth-order valence-corrected chi connectivity index (χ4v) is 3.88. The van der Waals surface area contributed by atoms with E-state index in [0.29, 0.717) is 10.4 Å². The van der Waals surface area contributed by atoms with E-state index in [1.165, 1.54) is 23.1 Å². The summed E-state index contributed by atoms with van der Waals surface area (Å²) in [6, 6.07) is 10.2. The van der Waals surface area contributed by atoms with Crippen LogP contribution in [-0.2, 0) is 9.53 Å². The molecule has 1 heterocycles. The van der Waals surface area contributed by atoms with E-state index < -0.39 is 30.0 Å². The number of para-hydroxylation sites is 1. The molecule has 2 aromatic carbocycles. The van der Waals surface area contributed by atoms with Gasteiger partial charge in [0.05, 0.1) is 21.5 Å². The summed E-state index contributed by atoms with van der Waals surface area (Å²) in [5, 5.41) is 0. The summed E-state index contributed by atoms with van der Waals surface area (Å²) in [7, 11) is 0. The third-order valence-corrected chi connectivity index (χ3v) is 5.34. The van der Waals surface area contributed by atoms with Crippen molar-refractivity contribution in [1.29, 1.82) is 0 Å². The van der Waals surface area contributed by atoms with Crippen LogP contribution >= 0.6 is 23.1 Å². The number of ether oxygens (including phenoxy) is 1. The lowest BCUT2D eigenvalue weighted by Gasteiger charge is -2.04. The van der Waals surface area contributed by atoms with Gasteiger partial charge in [-0.05, 0) is 24.3 Å². The minimum Gasteiger partial charge on any atom is -0.457 e. The van der Waals surface area contributed by atoms with Gasteiger partial charge >= 0.3 is 5.97 Å². The van der Waals surface area contributed by atoms with Crippen LogP contribution in [0.1, 0.15) is 10.4 Å². The topological polar surface area (TPSA) is 56.3 Å². The van der Waals surface area contributed by atoms with Gasteiger partial charge in [0.25, 0.3) is 0 Å². The van der Waals surface area contributed by atoms with E-state index in [1.54, 1.807) is 0 Å². The van der Waals surface area contributed by atoms with Crippen LogP contribution in [0.2, 0.25) is 0 Å². The molecule has 0 atom stereocenters. The van der Waals surface area contributed by atoms with Gasteiger partial charge in [0.2, 0.25) is 5.78 Å². The molecule has 0 aliphatic carbocycles. The third kappa shape index (κ3) is 4.40. The zero-order valence-corrected chi connectivity index (χ0v) is 14.3. The first-order valence-corrected chi connectivity index (χ1v) is 8.95. The second-order valence-corrected chi connectivity index (χ2v) is 7.20. The van der Waals surface area contributed by atoms with Crippen LogP contribution in [0.5, 0.6) is 0 Å². The number of Topliss-reactive ketones (excluding diaryl/α,β-unsaturated/α-hetero) is 1. The zero-order chi connectivity index (χ0) is 17.8. The fraction of sp³-hybridized carbons (Fsp3) is 0.118. The molecule has 0 saturated carbocycles. The van der Waals surface area contributed by atoms with Gasteiger partial charge in [-0.1, -0.05) is 23.9 Å². The van der Waals surface area contributed by atoms with Crippen LogP contribution in [0, 0.1) is 11.6 Å². The molecule has 0 radical (unpaired) electrons. The predicted molar refractivity (Wildman–Crippen MR) is 92.0 cm³/mol. The number of hydrogen-bond acceptors (Lipinski definition) is 6. The van der Waals surface area contributed by atoms with Crippen LogP contribution in [0.3, 0.4) is 0 Å². The Morgan fingerprint density at radius 3 is 2.72 bits per heavy atom. The molecule has 0 N–H and O–H groups in total. The van der Waals surface area contributed by atoms with Gasteiger partial charge in [-0.2, -0.15) is 0 Å². The van der Waals surface area contributed by atoms with Gasteiger partial charge in [0.15, 0.2) is 10.9 Å². The van der Waals surface area contributed by atoms with Crippen molar-refractivity contribution in [2.75, 3.05) is 12.4 Å². The first-order chi connectivity index (χ1) is 12.0. The second kappa shape index (κ2) is 7.71. The molecular weight excluding hydrogens is 368 g/mol. The molecule has 0 saturated heterocycles. The number of ketones is 1. The van der Waals surface area contributed by atoms with Crippen LogP contribution in [-0.4, -0.2) is 29.1 Å². The minimum absolute atomic E-state index is 0.0149. The van der Waals surface area contributed by atoms with Crippen molar-refractivity contribution in [3.05, 3.63) is 59.7 Å². The first kappa shape index (κ1) is 17.5. The fourth-order valence-electron chi connectivity index (χ4n) is 2.01. The zero-order valence-electron chi connectivity index (χ0n) is 12.7. The van der Waals surface area contributed by atoms with E-state index in [-0.39, 0.29) is 11.3 Å². The van der Waals surface area contributed by atoms with E-state index in [9.17, 15) is 18.4 Å². The average Bonchev–Trinajstić information content (AvgIpc) is 3.01. The summed E-state index contributed by atoms with van der Waals surface area (Å²) in [6.07, 6.45) is 0. The lowest BCUT2D eigenvalue weighted by molar-refractivity contribution is -0.139. The Labute approximate surface area is 149 Å². The van der Waals surface area contributed by atoms with Gasteiger partial charge in [-0.25, -0.2) is 13.8 Å². The average molecular weight is 379 g/mol. The number of halogens is 2. The number of fused-ring (bicyclic) bond motifs is 1. The maximum atomic E-state index is 13.5. The number of thioether (sulfide) groups is 1. The summed E-state index contributed by atoms with van der Waals surface area (Å²) >= 11 is 2.66. The Balaban J connectivity index is 1.51. The molecule has 3 rings (SSSR count). The molecule has 0 fully saturated rings. The summed E-state index contributed by atoms with van der Waals surface area (Å²) in [4.78, 5) is 27.9. The molecule has 0 unspecified atom stereocenters. The summed E-state index contributed by atoms with van der Waals surface area (Å²) in [6.45, 7) is -0.595. The van der Waals surface area contributed by atoms with Crippen molar-refractivity contribution in [3.8, 4) is 0 Å². The lowest BCUT2D eigenvalue weighted by atomic mass is 10.1. The molecule has 1 aromatic heterocycles. The van der Waals surface area contributed by atoms with Crippen molar-refractivity contribution in [1.82, 2.24) is 4.98 Å². The molecule has 0 aliphatic heterocycles. The normalized spacial score (nSPS) is 10.8. The highest BCUT2D eigenvalue weighted by Crippen LogP contribution is 2.29. The van der Waals surface area contributed by atoms with E-state index in [4.69, 9.17) is 4.74 Å². The smallest absolute Gasteiger partial charge is 0.316 e. The van der Waals surface area contributed by atoms with E-state index >= 15 is 0 Å². The number of benzene rings is 2. The maximum Gasteiger partial charge on any atom is 0.316 e. The SMILES string of the molecule is O=C(CSc1nc2ccccc2s1)OCC(=O)c1ccc(F)cc1F. The van der Waals surface area contributed by atoms with E-state index in [0.717, 1.165) is 22.3 Å². The molecule has 4 nitrogen and oxygen atoms in total. The molecular formula is C17H11F2NO3S2. The standard InChI is InChI=1S/C17H11F2NO3S2/c18-10-5-6-11(12(19)7-10)14(21)8-23-16(22)9-24-17-20-13-3-1-2-4-15(13)25-17/h1-7H,8-9H2. The van der Waals surface area contributed by atoms with Gasteiger partial charge in [0, 0.05) is 6.07 Å². The number of thiazole rings is 1. The maximum absolute atomic E-state index is 13.5. The number of aromatic nitrogens is 1. The number of nitrogens with zero attached hydrogens (tertiary/aromatic N) is 1. The van der Waals surface area contributed by atoms with Gasteiger partial charge in [-0.15, -0.1) is 11.3 Å². The van der Waals surface area contributed by atoms with Gasteiger partial charge in [0.1, 0.15) is 11.6 Å². The Morgan fingerprint density at radius 2 is 1.96 bits per heavy atom. The Hall–Kier alpha value is -2.32. The highest BCUT2D eigenvalue weighted by atomic mass is 32.2. The Bertz CT molecular complexity index is 910. The lowest BCUT2D eigenvalue weighted by Crippen LogP contribution is -2.16. The molecule has 0 bridgehead atoms. The highest BCUT2D eigenvalue weighted by molar-refractivity contribution is 8.01. The predicted octanol–water partition coefficient (Wildman–Crippen LogP) is 4.09. The van der Waals surface area contributed by atoms with Crippen molar-refractivity contribution in [3.63, 3.8) is 0 Å². The number of hydrogen-bond donors (Lipinski definition) is 0. The number of rotatable bonds is 6.